The third kappa shape index (κ3) is 21.9. The molecule has 0 spiro atoms. The van der Waals surface area contributed by atoms with Crippen molar-refractivity contribution in [2.24, 2.45) is 46.3 Å². The molecule has 3 heterocycles. The van der Waals surface area contributed by atoms with Crippen molar-refractivity contribution in [2.45, 2.75) is 150 Å². The van der Waals surface area contributed by atoms with Gasteiger partial charge in [0, 0.05) is 61.0 Å². The van der Waals surface area contributed by atoms with Crippen molar-refractivity contribution in [1.82, 2.24) is 14.1 Å². The number of ether oxygens (including phenoxy) is 8. The van der Waals surface area contributed by atoms with Gasteiger partial charge in [-0.2, -0.15) is 0 Å². The maximum atomic E-state index is 13.9. The average Bonchev–Trinajstić information content (AvgIpc) is 3.93. The molecule has 5 aliphatic rings. The van der Waals surface area contributed by atoms with Crippen LogP contribution in [-0.2, 0) is 84.3 Å². The van der Waals surface area contributed by atoms with Gasteiger partial charge in [0.15, 0.2) is 0 Å². The summed E-state index contributed by atoms with van der Waals surface area (Å²) in [6.45, 7) is 15.5. The summed E-state index contributed by atoms with van der Waals surface area (Å²) >= 11 is 0. The maximum Gasteiger partial charge on any atom is 3.00 e. The van der Waals surface area contributed by atoms with Gasteiger partial charge in [0.1, 0.15) is 38.3 Å². The van der Waals surface area contributed by atoms with Crippen molar-refractivity contribution in [3.63, 3.8) is 0 Å². The summed E-state index contributed by atoms with van der Waals surface area (Å²) in [5, 5.41) is 0. The summed E-state index contributed by atoms with van der Waals surface area (Å²) in [4.78, 5) is 57.6. The zero-order valence-electron chi connectivity index (χ0n) is 48.2. The molecule has 4 aliphatic carbocycles. The maximum absolute atomic E-state index is 13.9. The van der Waals surface area contributed by atoms with Crippen molar-refractivity contribution >= 4 is 22.7 Å². The summed E-state index contributed by atoms with van der Waals surface area (Å²) in [6.07, 6.45) is 21.1. The predicted octanol–water partition coefficient (Wildman–Crippen LogP) is -7.36. The molecule has 7 rings (SSSR count). The molecule has 0 bridgehead atoms. The second-order valence-electron chi connectivity index (χ2n) is 22.3. The van der Waals surface area contributed by atoms with Crippen LogP contribution in [0.1, 0.15) is 129 Å². The minimum Gasteiger partial charge on any atom is -1.00 e. The van der Waals surface area contributed by atoms with E-state index in [1.54, 1.807) is 51.1 Å². The van der Waals surface area contributed by atoms with E-state index in [1.165, 1.54) is 61.3 Å². The first-order valence-electron chi connectivity index (χ1n) is 26.9. The first kappa shape index (κ1) is 78.2. The Morgan fingerprint density at radius 3 is 2.15 bits per heavy atom. The van der Waals surface area contributed by atoms with E-state index in [-0.39, 0.29) is 156 Å². The van der Waals surface area contributed by atoms with Gasteiger partial charge in [-0.1, -0.05) is 65.5 Å². The van der Waals surface area contributed by atoms with Crippen molar-refractivity contribution in [3.8, 4) is 0 Å². The number of aromatic nitrogens is 3. The van der Waals surface area contributed by atoms with Crippen LogP contribution >= 0.6 is 0 Å². The molecule has 1 radical (unpaired) electrons. The molecule has 11 atom stereocenters. The fourth-order valence-electron chi connectivity index (χ4n) is 13.1. The number of esters is 2. The quantitative estimate of drug-likeness (QED) is 0.0396. The van der Waals surface area contributed by atoms with Crippen LogP contribution in [0.2, 0.25) is 0 Å². The van der Waals surface area contributed by atoms with Gasteiger partial charge >= 0.3 is 66.7 Å². The minimum atomic E-state index is -0.918. The van der Waals surface area contributed by atoms with Crippen LogP contribution in [0.15, 0.2) is 52.0 Å². The predicted molar refractivity (Wildman–Crippen MR) is 280 cm³/mol. The van der Waals surface area contributed by atoms with Gasteiger partial charge < -0.3 is 87.5 Å². The van der Waals surface area contributed by atoms with Crippen LogP contribution in [0.5, 0.6) is 0 Å². The van der Waals surface area contributed by atoms with Crippen molar-refractivity contribution in [3.05, 3.63) is 74.3 Å². The summed E-state index contributed by atoms with van der Waals surface area (Å²) in [6, 6.07) is 3.48. The Balaban J connectivity index is 0.00000588. The largest absolute Gasteiger partial charge is 3.00 e. The fraction of sp³-hybridized carbons (Fsp3) is 0.768. The standard InChI is InChI=1S/C54H81N3O12.C2H6OS.4ClH.Na.Ru/c1-36(2)9-8-10-37(3)43-13-14-44-42-12-11-40-29-41(15-19-53(40,5)45(42)16-20-54(43,44)6)66-35-50(59)69-46-30-48(56-31-38(4)51(60)57(52(56)61)32-39-17-21-55-22-18-39)68-47(46)33-67-49(58)34-65-28-27-64-26-25-63-24-23-62-7;1-4(2)3;;;;;;/h11,17-18,21-22,31,36-37,41-48H,8-10,12-16,19-20,23-30,32-35H2,1-7H3;1-2H3;4*1H;;/q;;;;;;+1;+3/p-4/t37-,41+,42+,43-,44+,45+,46+,47-,48-,53+,54-;;;;;;;/m1......./s1. The number of fused-ring (bicyclic) bond motifs is 5. The molecule has 23 heteroatoms. The normalized spacial score (nSPS) is 26.7. The first-order chi connectivity index (χ1) is 34.9. The van der Waals surface area contributed by atoms with E-state index in [2.05, 4.69) is 45.7 Å². The molecule has 447 valence electrons. The monoisotopic (exact) mass is 1310 g/mol. The summed E-state index contributed by atoms with van der Waals surface area (Å²) in [7, 11) is 0.997. The van der Waals surface area contributed by atoms with Gasteiger partial charge in [0.2, 0.25) is 0 Å². The Hall–Kier alpha value is -0.797. The number of pyridine rings is 1. The molecule has 0 unspecified atom stereocenters. The number of nitrogens with zero attached hydrogens (tertiary/aromatic N) is 3. The second kappa shape index (κ2) is 38.3. The second-order valence-corrected chi connectivity index (χ2v) is 23.8. The summed E-state index contributed by atoms with van der Waals surface area (Å²) < 4.78 is 57.6. The number of halogens is 4. The molecule has 2 aromatic rings. The molecule has 2 aromatic heterocycles. The topological polar surface area (TPSA) is 182 Å². The van der Waals surface area contributed by atoms with Gasteiger partial charge in [-0.25, -0.2) is 14.4 Å². The fourth-order valence-corrected chi connectivity index (χ4v) is 13.1. The number of methoxy groups -OCH3 is 1. The number of rotatable bonds is 25. The van der Waals surface area contributed by atoms with Crippen molar-refractivity contribution in [1.29, 1.82) is 0 Å². The molecular formula is C56H87Cl4N3NaO13RuS. The van der Waals surface area contributed by atoms with Gasteiger partial charge in [-0.15, -0.1) is 0 Å². The molecule has 1 aliphatic heterocycles. The third-order valence-electron chi connectivity index (χ3n) is 16.7. The van der Waals surface area contributed by atoms with E-state index >= 15 is 0 Å². The van der Waals surface area contributed by atoms with Crippen LogP contribution in [0, 0.1) is 53.3 Å². The smallest absolute Gasteiger partial charge is 1.00 e. The number of allylic oxidation sites excluding steroid dienone is 1. The van der Waals surface area contributed by atoms with Crippen LogP contribution < -0.4 is 90.4 Å². The van der Waals surface area contributed by atoms with Gasteiger partial charge in [0.25, 0.3) is 5.56 Å². The molecule has 0 N–H and O–H groups in total. The van der Waals surface area contributed by atoms with Crippen LogP contribution in [0.3, 0.4) is 0 Å². The zero-order valence-corrected chi connectivity index (χ0v) is 55.8. The molecular weight excluding hydrogens is 1220 g/mol. The van der Waals surface area contributed by atoms with Crippen LogP contribution in [0.25, 0.3) is 0 Å². The van der Waals surface area contributed by atoms with E-state index in [0.717, 1.165) is 65.4 Å². The molecule has 79 heavy (non-hydrogen) atoms. The molecule has 3 saturated carbocycles. The van der Waals surface area contributed by atoms with Gasteiger partial charge in [-0.3, -0.25) is 23.1 Å². The van der Waals surface area contributed by atoms with Crippen molar-refractivity contribution < 1.29 is 150 Å². The Bertz CT molecular complexity index is 2290. The first-order valence-corrected chi connectivity index (χ1v) is 28.9. The minimum absolute atomic E-state index is 0. The van der Waals surface area contributed by atoms with Crippen LogP contribution in [0.4, 0.5) is 0 Å². The van der Waals surface area contributed by atoms with E-state index in [1.807, 2.05) is 0 Å². The molecule has 16 nitrogen and oxygen atoms in total. The van der Waals surface area contributed by atoms with Crippen LogP contribution in [-0.4, -0.2) is 128 Å². The molecule has 1 saturated heterocycles. The van der Waals surface area contributed by atoms with E-state index in [9.17, 15) is 23.4 Å². The zero-order chi connectivity index (χ0) is 52.7. The van der Waals surface area contributed by atoms with Gasteiger partial charge in [-0.05, 0) is 122 Å². The number of aryl methyl sites for hydroxylation is 1. The Morgan fingerprint density at radius 2 is 1.51 bits per heavy atom. The van der Waals surface area contributed by atoms with E-state index in [4.69, 9.17) is 37.9 Å². The third-order valence-corrected chi connectivity index (χ3v) is 16.7. The Morgan fingerprint density at radius 1 is 0.861 bits per heavy atom. The molecule has 0 amide bonds. The van der Waals surface area contributed by atoms with E-state index in [0.29, 0.717) is 43.3 Å². The number of carbonyl (C=O) groups is 2. The number of carbonyl (C=O) groups excluding carboxylic acids is 2. The number of hydrogen-bond acceptors (Lipinski definition) is 14. The summed E-state index contributed by atoms with van der Waals surface area (Å²) in [5.41, 5.74) is 2.15. The SMILES string of the molecule is COCCOCCOCCOCC(=O)OC[C@H]1O[C@@H](n2cc(C)c(=O)n(Cc3ccncc3)c2=O)C[C@@H]1OC(=O)CO[C@H]1CC[C@@]2(C)C(=CC[C@H]3[C@@H]4CC[C@H]([C@H](C)CCCC(C)C)[C@@]4(C)CC[C@@H]32)C1.CS(C)=O.[Cl-].[Cl-].[Cl-].[Cl-].[Na+].[Ru+3]. The Kier molecular flexibility index (Phi) is 37.9. The van der Waals surface area contributed by atoms with Crippen molar-refractivity contribution in [2.75, 3.05) is 79.1 Å². The Labute approximate surface area is 532 Å². The summed E-state index contributed by atoms with van der Waals surface area (Å²) in [5.74, 6) is 3.41. The average molecular weight is 1310 g/mol. The molecule has 4 fully saturated rings. The van der Waals surface area contributed by atoms with E-state index < -0.39 is 52.4 Å². The van der Waals surface area contributed by atoms with Gasteiger partial charge in [0.05, 0.1) is 52.3 Å². The molecule has 0 aromatic carbocycles. The number of hydrogen-bond donors (Lipinski definition) is 0.